The van der Waals surface area contributed by atoms with Gasteiger partial charge in [-0.25, -0.2) is 4.79 Å². The van der Waals surface area contributed by atoms with Crippen LogP contribution < -0.4 is 0 Å². The van der Waals surface area contributed by atoms with E-state index in [2.05, 4.69) is 0 Å². The zero-order valence-corrected chi connectivity index (χ0v) is 16.9. The maximum absolute atomic E-state index is 12.6. The highest BCUT2D eigenvalue weighted by Gasteiger charge is 2.90. The molecule has 2 saturated carbocycles. The molecule has 11 heteroatoms. The van der Waals surface area contributed by atoms with E-state index in [9.17, 15) is 45.3 Å². The second-order valence-corrected chi connectivity index (χ2v) is 9.84. The predicted molar refractivity (Wildman–Crippen MR) is 96.9 cm³/mol. The Hall–Kier alpha value is -1.44. The summed E-state index contributed by atoms with van der Waals surface area (Å²) < 4.78 is 11.0. The molecule has 0 aromatic heterocycles. The number of ketones is 1. The predicted octanol–water partition coefficient (Wildman–Crippen LogP) is -4.01. The quantitative estimate of drug-likeness (QED) is 0.196. The zero-order valence-electron chi connectivity index (χ0n) is 16.9. The number of esters is 1. The largest absolute Gasteiger partial charge is 0.457 e. The summed E-state index contributed by atoms with van der Waals surface area (Å²) in [6.45, 7) is 1.40. The van der Waals surface area contributed by atoms with Crippen LogP contribution in [0.15, 0.2) is 11.6 Å². The second kappa shape index (κ2) is 5.91. The number of hydrogen-bond donors (Lipinski definition) is 7. The summed E-state index contributed by atoms with van der Waals surface area (Å²) in [6, 6.07) is 0. The van der Waals surface area contributed by atoms with Gasteiger partial charge in [-0.2, -0.15) is 0 Å². The monoisotopic (exact) mass is 442 g/mol. The Bertz CT molecular complexity index is 904. The Morgan fingerprint density at radius 3 is 2.35 bits per heavy atom. The van der Waals surface area contributed by atoms with Crippen LogP contribution in [0.3, 0.4) is 0 Å². The molecule has 2 bridgehead atoms. The van der Waals surface area contributed by atoms with Gasteiger partial charge in [0.05, 0.1) is 30.8 Å². The minimum atomic E-state index is -2.69. The number of rotatable bonds is 1. The lowest BCUT2D eigenvalue weighted by Crippen LogP contribution is -2.89. The molecule has 5 aliphatic rings. The number of aliphatic hydroxyl groups is 7. The van der Waals surface area contributed by atoms with Gasteiger partial charge in [0.2, 0.25) is 0 Å². The van der Waals surface area contributed by atoms with Crippen LogP contribution >= 0.6 is 0 Å². The Morgan fingerprint density at radius 2 is 1.74 bits per heavy atom. The third-order valence-electron chi connectivity index (χ3n) is 8.94. The molecule has 0 unspecified atom stereocenters. The van der Waals surface area contributed by atoms with E-state index in [0.717, 1.165) is 0 Å². The highest BCUT2D eigenvalue weighted by molar-refractivity contribution is 5.96. The minimum absolute atomic E-state index is 0.366. The van der Waals surface area contributed by atoms with E-state index >= 15 is 0 Å². The number of carbonyl (C=O) groups is 2. The van der Waals surface area contributed by atoms with Gasteiger partial charge in [-0.05, 0) is 13.0 Å². The molecule has 0 aromatic carbocycles. The molecule has 7 N–H and O–H groups in total. The number of carbonyl (C=O) groups excluding carboxylic acids is 2. The standard InChI is InChI=1S/C20H26O11/c1-6-3-7(22)12(25)17(2)8(6)9(23)15-18-5-30-19(4-21,13(26)10(24)11(17)18)20(18,29)14(27)16(28)31-15/h3,8-15,21,23-27,29H,4-5H2,1-2H3/t8-,9-,10+,11-,12-,13+,14+,15-,17+,18+,19-,20+/m1/s1. The Kier molecular flexibility index (Phi) is 4.08. The van der Waals surface area contributed by atoms with Gasteiger partial charge in [0, 0.05) is 17.3 Å². The van der Waals surface area contributed by atoms with Crippen LogP contribution in [0.4, 0.5) is 0 Å². The number of hydrogen-bond acceptors (Lipinski definition) is 11. The van der Waals surface area contributed by atoms with E-state index in [1.165, 1.54) is 13.0 Å². The van der Waals surface area contributed by atoms with Gasteiger partial charge in [-0.1, -0.05) is 12.5 Å². The maximum atomic E-state index is 12.6. The van der Waals surface area contributed by atoms with E-state index in [0.29, 0.717) is 5.57 Å². The highest BCUT2D eigenvalue weighted by Crippen LogP contribution is 2.73. The Balaban J connectivity index is 1.87. The summed E-state index contributed by atoms with van der Waals surface area (Å²) in [5, 5.41) is 77.4. The lowest BCUT2D eigenvalue weighted by molar-refractivity contribution is -0.370. The summed E-state index contributed by atoms with van der Waals surface area (Å²) in [5.74, 6) is -4.33. The molecule has 2 heterocycles. The van der Waals surface area contributed by atoms with Gasteiger partial charge in [0.1, 0.15) is 23.9 Å². The van der Waals surface area contributed by atoms with Gasteiger partial charge >= 0.3 is 5.97 Å². The fraction of sp³-hybridized carbons (Fsp3) is 0.800. The van der Waals surface area contributed by atoms with Gasteiger partial charge in [-0.15, -0.1) is 0 Å². The van der Waals surface area contributed by atoms with Crippen molar-refractivity contribution >= 4 is 11.8 Å². The summed E-state index contributed by atoms with van der Waals surface area (Å²) in [5.41, 5.74) is -8.27. The first-order chi connectivity index (χ1) is 14.4. The van der Waals surface area contributed by atoms with Crippen molar-refractivity contribution in [3.8, 4) is 0 Å². The fourth-order valence-corrected chi connectivity index (χ4v) is 7.78. The molecule has 1 spiro atoms. The molecular formula is C20H26O11. The lowest BCUT2D eigenvalue weighted by Gasteiger charge is -2.71. The third kappa shape index (κ3) is 1.84. The molecule has 5 rings (SSSR count). The number of fused-ring (bicyclic) bond motifs is 2. The van der Waals surface area contributed by atoms with Crippen molar-refractivity contribution in [2.45, 2.75) is 61.7 Å². The van der Waals surface area contributed by atoms with Crippen molar-refractivity contribution < 1.29 is 54.8 Å². The van der Waals surface area contributed by atoms with Crippen molar-refractivity contribution in [2.75, 3.05) is 13.2 Å². The Morgan fingerprint density at radius 1 is 1.10 bits per heavy atom. The molecule has 12 atom stereocenters. The topological polar surface area (TPSA) is 194 Å². The van der Waals surface area contributed by atoms with Gasteiger partial charge in [-0.3, -0.25) is 4.79 Å². The van der Waals surface area contributed by atoms with Crippen molar-refractivity contribution in [1.82, 2.24) is 0 Å². The smallest absolute Gasteiger partial charge is 0.338 e. The SMILES string of the molecule is CC1=CC(=O)[C@@H](O)[C@@]2(C)[C@H]1[C@@H](O)[C@H]1OC(=O)[C@H](O)[C@]3(O)[C@]14CO[C@]3(CO)[C@@H](O)[C@@H](O)[C@H]24. The summed E-state index contributed by atoms with van der Waals surface area (Å²) in [4.78, 5) is 25.1. The van der Waals surface area contributed by atoms with Crippen LogP contribution in [0.1, 0.15) is 13.8 Å². The van der Waals surface area contributed by atoms with Crippen LogP contribution in [0, 0.1) is 22.7 Å². The molecule has 0 aromatic rings. The van der Waals surface area contributed by atoms with Gasteiger partial charge in [0.15, 0.2) is 17.5 Å². The number of ether oxygens (including phenoxy) is 2. The average molecular weight is 442 g/mol. The normalized spacial score (nSPS) is 60.1. The van der Waals surface area contributed by atoms with Crippen LogP contribution in [0.25, 0.3) is 0 Å². The van der Waals surface area contributed by atoms with Gasteiger partial charge < -0.3 is 45.2 Å². The van der Waals surface area contributed by atoms with Crippen molar-refractivity contribution in [3.63, 3.8) is 0 Å². The lowest BCUT2D eigenvalue weighted by atomic mass is 9.36. The zero-order chi connectivity index (χ0) is 22.9. The first-order valence-electron chi connectivity index (χ1n) is 10.2. The fourth-order valence-electron chi connectivity index (χ4n) is 7.78. The molecule has 3 aliphatic carbocycles. The molecular weight excluding hydrogens is 416 g/mol. The van der Waals surface area contributed by atoms with Crippen LogP contribution in [0.2, 0.25) is 0 Å². The first-order valence-corrected chi connectivity index (χ1v) is 10.2. The van der Waals surface area contributed by atoms with Crippen molar-refractivity contribution in [2.24, 2.45) is 22.7 Å². The molecule has 31 heavy (non-hydrogen) atoms. The maximum Gasteiger partial charge on any atom is 0.338 e. The van der Waals surface area contributed by atoms with Crippen LogP contribution in [0.5, 0.6) is 0 Å². The van der Waals surface area contributed by atoms with Gasteiger partial charge in [0.25, 0.3) is 0 Å². The molecule has 0 radical (unpaired) electrons. The highest BCUT2D eigenvalue weighted by atomic mass is 16.6. The van der Waals surface area contributed by atoms with E-state index in [-0.39, 0.29) is 0 Å². The average Bonchev–Trinajstić information content (AvgIpc) is 2.92. The van der Waals surface area contributed by atoms with Crippen molar-refractivity contribution in [3.05, 3.63) is 11.6 Å². The van der Waals surface area contributed by atoms with E-state index < -0.39 is 95.5 Å². The molecule has 4 fully saturated rings. The third-order valence-corrected chi connectivity index (χ3v) is 8.94. The first kappa shape index (κ1) is 21.4. The summed E-state index contributed by atoms with van der Waals surface area (Å²) >= 11 is 0. The summed E-state index contributed by atoms with van der Waals surface area (Å²) in [7, 11) is 0. The molecule has 0 amide bonds. The minimum Gasteiger partial charge on any atom is -0.457 e. The molecule has 172 valence electrons. The van der Waals surface area contributed by atoms with Crippen LogP contribution in [-0.2, 0) is 19.1 Å². The van der Waals surface area contributed by atoms with Crippen molar-refractivity contribution in [1.29, 1.82) is 0 Å². The molecule has 11 nitrogen and oxygen atoms in total. The molecule has 2 saturated heterocycles. The second-order valence-electron chi connectivity index (χ2n) is 9.84. The Labute approximate surface area is 176 Å². The van der Waals surface area contributed by atoms with E-state index in [1.807, 2.05) is 0 Å². The van der Waals surface area contributed by atoms with E-state index in [4.69, 9.17) is 9.47 Å². The van der Waals surface area contributed by atoms with E-state index in [1.54, 1.807) is 6.92 Å². The number of aliphatic hydroxyl groups excluding tert-OH is 6. The summed E-state index contributed by atoms with van der Waals surface area (Å²) in [6.07, 6.45) is -9.69. The van der Waals surface area contributed by atoms with Crippen LogP contribution in [-0.4, -0.2) is 109 Å². The molecule has 2 aliphatic heterocycles.